The third-order valence-electron chi connectivity index (χ3n) is 11.1. The van der Waals surface area contributed by atoms with Crippen LogP contribution < -0.4 is 5.32 Å². The average Bonchev–Trinajstić information content (AvgIpc) is 3.90. The predicted octanol–water partition coefficient (Wildman–Crippen LogP) is 6.22. The number of piperidine rings is 2. The van der Waals surface area contributed by atoms with Crippen LogP contribution in [0.4, 0.5) is 26.3 Å². The Hall–Kier alpha value is -5.32. The van der Waals surface area contributed by atoms with Gasteiger partial charge in [-0.05, 0) is 102 Å². The maximum atomic E-state index is 12.8. The SMILES string of the molecule is CS(=O)(=O)N1CCCC(O)(Cn2nnc(-c3ccccc3Cc3ccc(C(F)(F)F)cc3)n2)C1.Cl.OC1(Cn2nnc(-c3ccccc3Cc3ccc(C(F)(F)F)cc3)n2)CCCNC1. The minimum Gasteiger partial charge on any atom is -0.387 e. The van der Waals surface area contributed by atoms with E-state index in [-0.39, 0.29) is 32.0 Å². The lowest BCUT2D eigenvalue weighted by atomic mass is 9.94. The molecule has 4 aromatic carbocycles. The second-order valence-electron chi connectivity index (χ2n) is 16.3. The first kappa shape index (κ1) is 49.1. The fourth-order valence-electron chi connectivity index (χ4n) is 7.78. The lowest BCUT2D eigenvalue weighted by Crippen LogP contribution is -2.52. The Morgan fingerprint density at radius 1 is 0.662 bits per heavy atom. The Balaban J connectivity index is 0.000000214. The van der Waals surface area contributed by atoms with Crippen molar-refractivity contribution in [2.75, 3.05) is 32.4 Å². The highest BCUT2D eigenvalue weighted by molar-refractivity contribution is 7.88. The minimum atomic E-state index is -4.39. The molecule has 0 bridgehead atoms. The van der Waals surface area contributed by atoms with Crippen molar-refractivity contribution in [3.63, 3.8) is 0 Å². The highest BCUT2D eigenvalue weighted by Crippen LogP contribution is 2.32. The van der Waals surface area contributed by atoms with E-state index in [4.69, 9.17) is 0 Å². The van der Waals surface area contributed by atoms with Crippen LogP contribution in [0.3, 0.4) is 0 Å². The Kier molecular flexibility index (Phi) is 15.2. The lowest BCUT2D eigenvalue weighted by Gasteiger charge is -2.37. The molecule has 2 aliphatic rings. The maximum absolute atomic E-state index is 12.8. The van der Waals surface area contributed by atoms with Gasteiger partial charge in [0.2, 0.25) is 21.7 Å². The Morgan fingerprint density at radius 2 is 1.11 bits per heavy atom. The standard InChI is InChI=1S/C22H24F3N5O3S.C21H22F3N5O.ClH/c1-34(32,33)29-12-4-11-21(31,14-29)15-30-27-20(26-28-30)19-6-3-2-5-17(19)13-16-7-9-18(10-8-16)22(23,24)25;22-21(23,24)17-8-6-15(7-9-17)12-16-4-1-2-5-18(16)19-26-28-29(27-19)14-20(30)10-3-11-25-13-20;/h2-3,5-10,31H,4,11-15H2,1H3;1-2,4-9,25,30H,3,10-14H2;1H. The van der Waals surface area contributed by atoms with Gasteiger partial charge in [-0.15, -0.1) is 32.8 Å². The van der Waals surface area contributed by atoms with E-state index in [1.807, 2.05) is 36.4 Å². The molecule has 0 aliphatic carbocycles. The van der Waals surface area contributed by atoms with Gasteiger partial charge in [0.25, 0.3) is 0 Å². The fraction of sp³-hybridized carbons (Fsp3) is 0.395. The Labute approximate surface area is 377 Å². The number of sulfonamides is 1. The van der Waals surface area contributed by atoms with Gasteiger partial charge in [0.05, 0.1) is 41.7 Å². The van der Waals surface area contributed by atoms with Crippen molar-refractivity contribution >= 4 is 22.4 Å². The summed E-state index contributed by atoms with van der Waals surface area (Å²) >= 11 is 0. The second-order valence-corrected chi connectivity index (χ2v) is 18.3. The molecule has 4 heterocycles. The normalized spacial score (nSPS) is 19.5. The molecule has 0 amide bonds. The van der Waals surface area contributed by atoms with Crippen molar-refractivity contribution in [1.82, 2.24) is 50.0 Å². The zero-order valence-corrected chi connectivity index (χ0v) is 36.7. The summed E-state index contributed by atoms with van der Waals surface area (Å²) in [7, 11) is -3.43. The molecule has 22 heteroatoms. The highest BCUT2D eigenvalue weighted by atomic mass is 35.5. The van der Waals surface area contributed by atoms with Gasteiger partial charge in [0.1, 0.15) is 0 Å². The molecule has 8 rings (SSSR count). The largest absolute Gasteiger partial charge is 0.416 e. The van der Waals surface area contributed by atoms with Crippen molar-refractivity contribution in [2.24, 2.45) is 0 Å². The molecule has 2 fully saturated rings. The summed E-state index contributed by atoms with van der Waals surface area (Å²) < 4.78 is 102. The van der Waals surface area contributed by atoms with Crippen LogP contribution in [0.25, 0.3) is 22.8 Å². The topological polar surface area (TPSA) is 177 Å². The maximum Gasteiger partial charge on any atom is 0.416 e. The van der Waals surface area contributed by atoms with Gasteiger partial charge < -0.3 is 15.5 Å². The predicted molar refractivity (Wildman–Crippen MR) is 230 cm³/mol. The summed E-state index contributed by atoms with van der Waals surface area (Å²) in [6, 6.07) is 24.8. The third-order valence-corrected chi connectivity index (χ3v) is 12.3. The molecule has 14 nitrogen and oxygen atoms in total. The van der Waals surface area contributed by atoms with Gasteiger partial charge in [-0.1, -0.05) is 72.8 Å². The molecule has 6 aromatic rings. The van der Waals surface area contributed by atoms with Crippen LogP contribution in [-0.4, -0.2) is 107 Å². The highest BCUT2D eigenvalue weighted by Gasteiger charge is 2.38. The van der Waals surface area contributed by atoms with E-state index in [2.05, 4.69) is 36.1 Å². The van der Waals surface area contributed by atoms with E-state index >= 15 is 0 Å². The number of halogens is 7. The molecule has 65 heavy (non-hydrogen) atoms. The van der Waals surface area contributed by atoms with Crippen LogP contribution in [0, 0.1) is 0 Å². The van der Waals surface area contributed by atoms with E-state index in [0.717, 1.165) is 65.7 Å². The number of nitrogens with one attached hydrogen (secondary N) is 1. The molecule has 0 spiro atoms. The molecule has 348 valence electrons. The molecule has 2 aliphatic heterocycles. The quantitative estimate of drug-likeness (QED) is 0.126. The van der Waals surface area contributed by atoms with E-state index in [1.54, 1.807) is 12.1 Å². The van der Waals surface area contributed by atoms with E-state index in [1.165, 1.54) is 38.2 Å². The molecule has 2 unspecified atom stereocenters. The van der Waals surface area contributed by atoms with Crippen molar-refractivity contribution in [3.05, 3.63) is 130 Å². The van der Waals surface area contributed by atoms with Gasteiger partial charge in [-0.25, -0.2) is 8.42 Å². The summed E-state index contributed by atoms with van der Waals surface area (Å²) in [6.45, 7) is 1.90. The summed E-state index contributed by atoms with van der Waals surface area (Å²) in [4.78, 5) is 2.65. The van der Waals surface area contributed by atoms with Gasteiger partial charge >= 0.3 is 12.4 Å². The molecular weight excluding hydrogens is 902 g/mol. The van der Waals surface area contributed by atoms with Crippen LogP contribution in [0.5, 0.6) is 0 Å². The average molecular weight is 949 g/mol. The van der Waals surface area contributed by atoms with Crippen LogP contribution in [0.2, 0.25) is 0 Å². The van der Waals surface area contributed by atoms with Crippen LogP contribution in [0.15, 0.2) is 97.1 Å². The smallest absolute Gasteiger partial charge is 0.387 e. The van der Waals surface area contributed by atoms with Crippen LogP contribution >= 0.6 is 12.4 Å². The van der Waals surface area contributed by atoms with Gasteiger partial charge in [0, 0.05) is 30.8 Å². The first-order valence-electron chi connectivity index (χ1n) is 20.4. The molecular formula is C43H47ClF6N10O4S. The van der Waals surface area contributed by atoms with E-state index in [0.29, 0.717) is 68.0 Å². The zero-order valence-electron chi connectivity index (χ0n) is 35.0. The van der Waals surface area contributed by atoms with Gasteiger partial charge in [0.15, 0.2) is 0 Å². The van der Waals surface area contributed by atoms with Gasteiger partial charge in [-0.2, -0.15) is 40.2 Å². The Morgan fingerprint density at radius 3 is 1.54 bits per heavy atom. The van der Waals surface area contributed by atoms with Crippen LogP contribution in [0.1, 0.15) is 59.1 Å². The summed E-state index contributed by atoms with van der Waals surface area (Å²) in [5.41, 5.74) is 0.976. The number of nitrogens with zero attached hydrogens (tertiary/aromatic N) is 9. The second kappa shape index (κ2) is 20.0. The molecule has 2 atom stereocenters. The van der Waals surface area contributed by atoms with Crippen molar-refractivity contribution in [3.8, 4) is 22.8 Å². The van der Waals surface area contributed by atoms with Crippen molar-refractivity contribution < 1.29 is 45.0 Å². The molecule has 3 N–H and O–H groups in total. The minimum absolute atomic E-state index is 0. The van der Waals surface area contributed by atoms with Crippen LogP contribution in [-0.2, 0) is 48.3 Å². The zero-order chi connectivity index (χ0) is 45.8. The van der Waals surface area contributed by atoms with Crippen molar-refractivity contribution in [1.29, 1.82) is 0 Å². The number of aliphatic hydroxyl groups is 2. The number of β-amino-alcohol motifs (C(OH)–C–C–N with tert-alkyl or cyclic N) is 2. The van der Waals surface area contributed by atoms with Gasteiger partial charge in [-0.3, -0.25) is 0 Å². The number of hydrogen-bond donors (Lipinski definition) is 3. The lowest BCUT2D eigenvalue weighted by molar-refractivity contribution is -0.138. The molecule has 2 saturated heterocycles. The number of tetrazole rings is 2. The number of alkyl halides is 6. The summed E-state index contributed by atoms with van der Waals surface area (Å²) in [5.74, 6) is 0.728. The fourth-order valence-corrected chi connectivity index (χ4v) is 8.72. The molecule has 2 aromatic heterocycles. The monoisotopic (exact) mass is 948 g/mol. The number of benzene rings is 4. The molecule has 0 saturated carbocycles. The summed E-state index contributed by atoms with van der Waals surface area (Å²) in [6.07, 6.45) is -4.35. The van der Waals surface area contributed by atoms with Crippen molar-refractivity contribution in [2.45, 2.75) is 75.2 Å². The first-order chi connectivity index (χ1) is 30.3. The number of rotatable bonds is 11. The van der Waals surface area contributed by atoms with E-state index < -0.39 is 44.7 Å². The number of hydrogen-bond acceptors (Lipinski definition) is 11. The summed E-state index contributed by atoms with van der Waals surface area (Å²) in [5, 5.41) is 49.9. The van der Waals surface area contributed by atoms with E-state index in [9.17, 15) is 45.0 Å². The molecule has 0 radical (unpaired) electrons. The first-order valence-corrected chi connectivity index (χ1v) is 22.3. The Bertz CT molecular complexity index is 2620. The third kappa shape index (κ3) is 12.9. The number of aromatic nitrogens is 8.